The summed E-state index contributed by atoms with van der Waals surface area (Å²) < 4.78 is 11.4. The number of hydrogen-bond acceptors (Lipinski definition) is 4. The summed E-state index contributed by atoms with van der Waals surface area (Å²) in [6.45, 7) is 6.26. The summed E-state index contributed by atoms with van der Waals surface area (Å²) in [5.74, 6) is 0.985. The molecule has 134 valence electrons. The van der Waals surface area contributed by atoms with Gasteiger partial charge in [-0.05, 0) is 38.3 Å². The molecule has 2 N–H and O–H groups in total. The molecule has 1 atom stereocenters. The smallest absolute Gasteiger partial charge is 0.254 e. The Morgan fingerprint density at radius 1 is 1.38 bits per heavy atom. The molecule has 1 aliphatic rings. The van der Waals surface area contributed by atoms with Crippen LogP contribution in [0, 0.1) is 0 Å². The largest absolute Gasteiger partial charge is 0.490 e. The van der Waals surface area contributed by atoms with Gasteiger partial charge >= 0.3 is 0 Å². The normalized spacial score (nSPS) is 17.2. The van der Waals surface area contributed by atoms with E-state index in [0.29, 0.717) is 41.8 Å². The highest BCUT2D eigenvalue weighted by Crippen LogP contribution is 2.37. The van der Waals surface area contributed by atoms with Crippen molar-refractivity contribution in [2.45, 2.75) is 45.6 Å². The van der Waals surface area contributed by atoms with Crippen molar-refractivity contribution in [2.24, 2.45) is 5.73 Å². The van der Waals surface area contributed by atoms with E-state index in [-0.39, 0.29) is 11.9 Å². The molecule has 1 unspecified atom stereocenters. The van der Waals surface area contributed by atoms with E-state index in [0.717, 1.165) is 32.2 Å². The van der Waals surface area contributed by atoms with Gasteiger partial charge in [-0.3, -0.25) is 4.79 Å². The van der Waals surface area contributed by atoms with E-state index in [1.54, 1.807) is 12.1 Å². The van der Waals surface area contributed by atoms with Crippen LogP contribution in [-0.2, 0) is 0 Å². The number of halogens is 1. The molecule has 6 heteroatoms. The van der Waals surface area contributed by atoms with Crippen LogP contribution >= 0.6 is 11.6 Å². The first-order valence-corrected chi connectivity index (χ1v) is 9.10. The number of hydrogen-bond donors (Lipinski definition) is 1. The number of ether oxygens (including phenoxy) is 2. The van der Waals surface area contributed by atoms with Gasteiger partial charge in [0.1, 0.15) is 0 Å². The van der Waals surface area contributed by atoms with Crippen LogP contribution in [0.5, 0.6) is 11.5 Å². The van der Waals surface area contributed by atoms with E-state index in [4.69, 9.17) is 26.8 Å². The van der Waals surface area contributed by atoms with Crippen molar-refractivity contribution >= 4 is 17.5 Å². The maximum absolute atomic E-state index is 12.8. The quantitative estimate of drug-likeness (QED) is 0.726. The van der Waals surface area contributed by atoms with Crippen LogP contribution in [-0.4, -0.2) is 43.2 Å². The Morgan fingerprint density at radius 2 is 2.17 bits per heavy atom. The monoisotopic (exact) mass is 354 g/mol. The zero-order valence-electron chi connectivity index (χ0n) is 14.5. The van der Waals surface area contributed by atoms with Gasteiger partial charge in [0.25, 0.3) is 5.91 Å². The summed E-state index contributed by atoms with van der Waals surface area (Å²) in [7, 11) is 0. The molecule has 1 heterocycles. The van der Waals surface area contributed by atoms with E-state index in [9.17, 15) is 4.79 Å². The molecular formula is C18H27ClN2O3. The maximum Gasteiger partial charge on any atom is 0.254 e. The molecule has 0 bridgehead atoms. The highest BCUT2D eigenvalue weighted by Gasteiger charge is 2.29. The fourth-order valence-corrected chi connectivity index (χ4v) is 3.19. The van der Waals surface area contributed by atoms with Gasteiger partial charge in [0, 0.05) is 24.7 Å². The molecule has 24 heavy (non-hydrogen) atoms. The van der Waals surface area contributed by atoms with Crippen LogP contribution in [0.3, 0.4) is 0 Å². The lowest BCUT2D eigenvalue weighted by Crippen LogP contribution is -2.39. The number of carbonyl (C=O) groups excluding carboxylic acids is 1. The lowest BCUT2D eigenvalue weighted by Gasteiger charge is -2.24. The zero-order valence-corrected chi connectivity index (χ0v) is 15.3. The SMILES string of the molecule is CCCCOc1c(Cl)cc(C(=O)N2CCCC2CN)cc1OCC. The lowest BCUT2D eigenvalue weighted by molar-refractivity contribution is 0.0740. The Kier molecular flexibility index (Phi) is 7.18. The van der Waals surface area contributed by atoms with Gasteiger partial charge in [-0.1, -0.05) is 24.9 Å². The van der Waals surface area contributed by atoms with Gasteiger partial charge in [-0.2, -0.15) is 0 Å². The van der Waals surface area contributed by atoms with E-state index < -0.39 is 0 Å². The van der Waals surface area contributed by atoms with Crippen molar-refractivity contribution in [3.63, 3.8) is 0 Å². The Bertz CT molecular complexity index is 565. The van der Waals surface area contributed by atoms with E-state index in [2.05, 4.69) is 6.92 Å². The fraction of sp³-hybridized carbons (Fsp3) is 0.611. The van der Waals surface area contributed by atoms with Gasteiger partial charge in [0.15, 0.2) is 11.5 Å². The molecular weight excluding hydrogens is 328 g/mol. The Hall–Kier alpha value is -1.46. The predicted molar refractivity (Wildman–Crippen MR) is 96.1 cm³/mol. The molecule has 1 fully saturated rings. The van der Waals surface area contributed by atoms with Gasteiger partial charge in [0.05, 0.1) is 18.2 Å². The minimum Gasteiger partial charge on any atom is -0.490 e. The summed E-state index contributed by atoms with van der Waals surface area (Å²) in [4.78, 5) is 14.6. The van der Waals surface area contributed by atoms with Crippen molar-refractivity contribution in [3.05, 3.63) is 22.7 Å². The van der Waals surface area contributed by atoms with Gasteiger partial charge in [-0.25, -0.2) is 0 Å². The summed E-state index contributed by atoms with van der Waals surface area (Å²) in [6, 6.07) is 3.50. The standard InChI is InChI=1S/C18H27ClN2O3/c1-3-5-9-24-17-15(19)10-13(11-16(17)23-4-2)18(22)21-8-6-7-14(21)12-20/h10-11,14H,3-9,12,20H2,1-2H3. The van der Waals surface area contributed by atoms with Crippen LogP contribution in [0.25, 0.3) is 0 Å². The van der Waals surface area contributed by atoms with Crippen molar-refractivity contribution in [2.75, 3.05) is 26.3 Å². The first-order valence-electron chi connectivity index (χ1n) is 8.72. The van der Waals surface area contributed by atoms with Gasteiger partial charge in [0.2, 0.25) is 0 Å². The molecule has 1 aromatic rings. The van der Waals surface area contributed by atoms with Crippen LogP contribution in [0.4, 0.5) is 0 Å². The van der Waals surface area contributed by atoms with E-state index in [1.807, 2.05) is 11.8 Å². The molecule has 1 amide bonds. The molecule has 0 aromatic heterocycles. The molecule has 1 saturated heterocycles. The number of nitrogens with zero attached hydrogens (tertiary/aromatic N) is 1. The Balaban J connectivity index is 2.26. The number of carbonyl (C=O) groups is 1. The summed E-state index contributed by atoms with van der Waals surface area (Å²) in [5.41, 5.74) is 6.30. The second-order valence-electron chi connectivity index (χ2n) is 5.95. The topological polar surface area (TPSA) is 64.8 Å². The molecule has 1 aromatic carbocycles. The maximum atomic E-state index is 12.8. The third-order valence-electron chi connectivity index (χ3n) is 4.21. The molecule has 0 aliphatic carbocycles. The number of unbranched alkanes of at least 4 members (excludes halogenated alkanes) is 1. The highest BCUT2D eigenvalue weighted by atomic mass is 35.5. The zero-order chi connectivity index (χ0) is 17.5. The number of likely N-dealkylation sites (tertiary alicyclic amines) is 1. The first-order chi connectivity index (χ1) is 11.6. The Labute approximate surface area is 149 Å². The van der Waals surface area contributed by atoms with E-state index in [1.165, 1.54) is 0 Å². The molecule has 1 aliphatic heterocycles. The second kappa shape index (κ2) is 9.14. The van der Waals surface area contributed by atoms with Crippen LogP contribution < -0.4 is 15.2 Å². The summed E-state index contributed by atoms with van der Waals surface area (Å²) >= 11 is 6.37. The van der Waals surface area contributed by atoms with E-state index >= 15 is 0 Å². The molecule has 5 nitrogen and oxygen atoms in total. The third-order valence-corrected chi connectivity index (χ3v) is 4.49. The number of rotatable bonds is 8. The summed E-state index contributed by atoms with van der Waals surface area (Å²) in [5, 5.41) is 0.406. The predicted octanol–water partition coefficient (Wildman–Crippen LogP) is 3.48. The van der Waals surface area contributed by atoms with Gasteiger partial charge < -0.3 is 20.1 Å². The van der Waals surface area contributed by atoms with Crippen LogP contribution in [0.15, 0.2) is 12.1 Å². The van der Waals surface area contributed by atoms with Crippen molar-refractivity contribution in [1.82, 2.24) is 4.90 Å². The minimum absolute atomic E-state index is 0.0501. The lowest BCUT2D eigenvalue weighted by atomic mass is 10.1. The average molecular weight is 355 g/mol. The first kappa shape index (κ1) is 18.9. The number of benzene rings is 1. The number of amides is 1. The molecule has 2 rings (SSSR count). The molecule has 0 radical (unpaired) electrons. The molecule has 0 saturated carbocycles. The average Bonchev–Trinajstić information content (AvgIpc) is 3.05. The third kappa shape index (κ3) is 4.33. The minimum atomic E-state index is -0.0501. The fourth-order valence-electron chi connectivity index (χ4n) is 2.93. The molecule has 0 spiro atoms. The number of nitrogens with two attached hydrogens (primary N) is 1. The van der Waals surface area contributed by atoms with Crippen LogP contribution in [0.1, 0.15) is 49.9 Å². The highest BCUT2D eigenvalue weighted by molar-refractivity contribution is 6.32. The summed E-state index contributed by atoms with van der Waals surface area (Å²) in [6.07, 6.45) is 3.91. The van der Waals surface area contributed by atoms with Crippen molar-refractivity contribution in [1.29, 1.82) is 0 Å². The van der Waals surface area contributed by atoms with Crippen molar-refractivity contribution in [3.8, 4) is 11.5 Å². The second-order valence-corrected chi connectivity index (χ2v) is 6.36. The van der Waals surface area contributed by atoms with Gasteiger partial charge in [-0.15, -0.1) is 0 Å². The Morgan fingerprint density at radius 3 is 2.83 bits per heavy atom. The van der Waals surface area contributed by atoms with Crippen LogP contribution in [0.2, 0.25) is 5.02 Å². The van der Waals surface area contributed by atoms with Crippen molar-refractivity contribution < 1.29 is 14.3 Å².